The third kappa shape index (κ3) is 4.22. The van der Waals surface area contributed by atoms with E-state index in [0.717, 1.165) is 0 Å². The average Bonchev–Trinajstić information content (AvgIpc) is 2.42. The fourth-order valence-corrected chi connectivity index (χ4v) is 1.54. The summed E-state index contributed by atoms with van der Waals surface area (Å²) in [6.07, 6.45) is 1.49. The predicted molar refractivity (Wildman–Crippen MR) is 67.3 cm³/mol. The molecule has 19 heavy (non-hydrogen) atoms. The number of hydrogen-bond donors (Lipinski definition) is 1. The van der Waals surface area contributed by atoms with Crippen molar-refractivity contribution >= 4 is 17.8 Å². The Hall–Kier alpha value is -2.15. The monoisotopic (exact) mass is 268 g/mol. The Labute approximate surface area is 110 Å². The SMILES string of the molecule is COCCN(CC(=O)O)c1ncccc1C(=O)OC. The summed E-state index contributed by atoms with van der Waals surface area (Å²) < 4.78 is 9.58. The van der Waals surface area contributed by atoms with Crippen molar-refractivity contribution in [1.82, 2.24) is 4.98 Å². The smallest absolute Gasteiger partial charge is 0.341 e. The minimum absolute atomic E-state index is 0.224. The first-order valence-electron chi connectivity index (χ1n) is 5.59. The Kier molecular flexibility index (Phi) is 5.74. The second kappa shape index (κ2) is 7.32. The number of nitrogens with zero attached hydrogens (tertiary/aromatic N) is 2. The van der Waals surface area contributed by atoms with Gasteiger partial charge in [-0.25, -0.2) is 9.78 Å². The highest BCUT2D eigenvalue weighted by Crippen LogP contribution is 2.17. The second-order valence-corrected chi connectivity index (χ2v) is 3.67. The molecule has 1 aromatic heterocycles. The standard InChI is InChI=1S/C12H16N2O5/c1-18-7-6-14(8-10(15)16)11-9(12(17)19-2)4-3-5-13-11/h3-5H,6-8H2,1-2H3,(H,15,16). The molecule has 1 N–H and O–H groups in total. The molecule has 0 unspecified atom stereocenters. The highest BCUT2D eigenvalue weighted by atomic mass is 16.5. The zero-order chi connectivity index (χ0) is 14.3. The van der Waals surface area contributed by atoms with Crippen molar-refractivity contribution in [3.05, 3.63) is 23.9 Å². The van der Waals surface area contributed by atoms with E-state index in [-0.39, 0.29) is 17.9 Å². The van der Waals surface area contributed by atoms with Gasteiger partial charge >= 0.3 is 11.9 Å². The number of carboxylic acid groups (broad SMARTS) is 1. The van der Waals surface area contributed by atoms with Gasteiger partial charge in [-0.1, -0.05) is 0 Å². The number of esters is 1. The van der Waals surface area contributed by atoms with Crippen LogP contribution in [-0.2, 0) is 14.3 Å². The van der Waals surface area contributed by atoms with E-state index in [1.165, 1.54) is 31.4 Å². The maximum absolute atomic E-state index is 11.6. The van der Waals surface area contributed by atoms with Crippen LogP contribution in [0.3, 0.4) is 0 Å². The van der Waals surface area contributed by atoms with Crippen molar-refractivity contribution in [2.75, 3.05) is 38.8 Å². The lowest BCUT2D eigenvalue weighted by Crippen LogP contribution is -2.34. The highest BCUT2D eigenvalue weighted by molar-refractivity contribution is 5.95. The molecular weight excluding hydrogens is 252 g/mol. The van der Waals surface area contributed by atoms with Crippen molar-refractivity contribution in [3.8, 4) is 0 Å². The first-order valence-corrected chi connectivity index (χ1v) is 5.59. The Morgan fingerprint density at radius 2 is 2.16 bits per heavy atom. The fourth-order valence-electron chi connectivity index (χ4n) is 1.54. The van der Waals surface area contributed by atoms with E-state index in [1.54, 1.807) is 6.07 Å². The number of aliphatic carboxylic acids is 1. The molecule has 1 heterocycles. The molecule has 1 rings (SSSR count). The number of ether oxygens (including phenoxy) is 2. The van der Waals surface area contributed by atoms with Gasteiger partial charge in [0.2, 0.25) is 0 Å². The number of aromatic nitrogens is 1. The van der Waals surface area contributed by atoms with Crippen LogP contribution < -0.4 is 4.90 Å². The van der Waals surface area contributed by atoms with Gasteiger partial charge in [0.05, 0.1) is 13.7 Å². The van der Waals surface area contributed by atoms with Gasteiger partial charge in [-0.3, -0.25) is 4.79 Å². The summed E-state index contributed by atoms with van der Waals surface area (Å²) in [5.74, 6) is -1.30. The topological polar surface area (TPSA) is 89.0 Å². The highest BCUT2D eigenvalue weighted by Gasteiger charge is 2.19. The zero-order valence-electron chi connectivity index (χ0n) is 10.8. The molecule has 0 aliphatic carbocycles. The minimum atomic E-state index is -1.02. The molecule has 0 radical (unpaired) electrons. The van der Waals surface area contributed by atoms with Crippen molar-refractivity contribution in [1.29, 1.82) is 0 Å². The number of carboxylic acids is 1. The Morgan fingerprint density at radius 3 is 2.74 bits per heavy atom. The fraction of sp³-hybridized carbons (Fsp3) is 0.417. The number of carbonyl (C=O) groups excluding carboxylic acids is 1. The number of pyridine rings is 1. The lowest BCUT2D eigenvalue weighted by Gasteiger charge is -2.22. The van der Waals surface area contributed by atoms with E-state index in [2.05, 4.69) is 9.72 Å². The van der Waals surface area contributed by atoms with Gasteiger partial charge in [-0.15, -0.1) is 0 Å². The Bertz CT molecular complexity index is 450. The number of anilines is 1. The number of methoxy groups -OCH3 is 2. The molecule has 0 aliphatic heterocycles. The van der Waals surface area contributed by atoms with Crippen molar-refractivity contribution < 1.29 is 24.2 Å². The van der Waals surface area contributed by atoms with E-state index in [9.17, 15) is 9.59 Å². The first-order chi connectivity index (χ1) is 9.10. The summed E-state index contributed by atoms with van der Waals surface area (Å²) in [6, 6.07) is 3.13. The summed E-state index contributed by atoms with van der Waals surface area (Å²) in [5, 5.41) is 8.90. The molecule has 7 heteroatoms. The first kappa shape index (κ1) is 14.9. The van der Waals surface area contributed by atoms with Crippen LogP contribution in [0.1, 0.15) is 10.4 Å². The van der Waals surface area contributed by atoms with Gasteiger partial charge in [0.25, 0.3) is 0 Å². The molecule has 104 valence electrons. The molecule has 0 aliphatic rings. The maximum atomic E-state index is 11.6. The third-order valence-corrected chi connectivity index (χ3v) is 2.38. The number of rotatable bonds is 7. The van der Waals surface area contributed by atoms with Crippen molar-refractivity contribution in [2.45, 2.75) is 0 Å². The van der Waals surface area contributed by atoms with Crippen LogP contribution in [0.4, 0.5) is 5.82 Å². The van der Waals surface area contributed by atoms with E-state index in [1.807, 2.05) is 0 Å². The van der Waals surface area contributed by atoms with Gasteiger partial charge in [0, 0.05) is 19.9 Å². The van der Waals surface area contributed by atoms with Crippen LogP contribution in [-0.4, -0.2) is 55.9 Å². The molecule has 0 atom stereocenters. The molecular formula is C12H16N2O5. The van der Waals surface area contributed by atoms with Crippen LogP contribution in [0, 0.1) is 0 Å². The quantitative estimate of drug-likeness (QED) is 0.716. The van der Waals surface area contributed by atoms with Gasteiger partial charge in [-0.2, -0.15) is 0 Å². The summed E-state index contributed by atoms with van der Waals surface area (Å²) >= 11 is 0. The second-order valence-electron chi connectivity index (χ2n) is 3.67. The van der Waals surface area contributed by atoms with E-state index in [0.29, 0.717) is 13.2 Å². The van der Waals surface area contributed by atoms with Crippen LogP contribution in [0.25, 0.3) is 0 Å². The Morgan fingerprint density at radius 1 is 1.42 bits per heavy atom. The number of carbonyl (C=O) groups is 2. The van der Waals surface area contributed by atoms with E-state index < -0.39 is 11.9 Å². The lowest BCUT2D eigenvalue weighted by atomic mass is 10.2. The van der Waals surface area contributed by atoms with E-state index in [4.69, 9.17) is 9.84 Å². The summed E-state index contributed by atoms with van der Waals surface area (Å²) in [5.41, 5.74) is 0.224. The summed E-state index contributed by atoms with van der Waals surface area (Å²) in [4.78, 5) is 28.0. The molecule has 0 saturated carbocycles. The molecule has 0 fully saturated rings. The molecule has 0 amide bonds. The van der Waals surface area contributed by atoms with Gasteiger partial charge in [0.1, 0.15) is 17.9 Å². The van der Waals surface area contributed by atoms with Crippen molar-refractivity contribution in [2.24, 2.45) is 0 Å². The maximum Gasteiger partial charge on any atom is 0.341 e. The molecule has 0 spiro atoms. The van der Waals surface area contributed by atoms with Gasteiger partial charge < -0.3 is 19.5 Å². The van der Waals surface area contributed by atoms with E-state index >= 15 is 0 Å². The minimum Gasteiger partial charge on any atom is -0.480 e. The molecule has 0 saturated heterocycles. The molecule has 7 nitrogen and oxygen atoms in total. The van der Waals surface area contributed by atoms with Gasteiger partial charge in [-0.05, 0) is 12.1 Å². The molecule has 0 aromatic carbocycles. The Balaban J connectivity index is 3.06. The third-order valence-electron chi connectivity index (χ3n) is 2.38. The zero-order valence-corrected chi connectivity index (χ0v) is 10.8. The average molecular weight is 268 g/mol. The van der Waals surface area contributed by atoms with Crippen LogP contribution in [0.15, 0.2) is 18.3 Å². The normalized spacial score (nSPS) is 10.0. The van der Waals surface area contributed by atoms with Crippen LogP contribution in [0.5, 0.6) is 0 Å². The van der Waals surface area contributed by atoms with Crippen LogP contribution in [0.2, 0.25) is 0 Å². The largest absolute Gasteiger partial charge is 0.480 e. The van der Waals surface area contributed by atoms with Crippen molar-refractivity contribution in [3.63, 3.8) is 0 Å². The number of hydrogen-bond acceptors (Lipinski definition) is 6. The summed E-state index contributed by atoms with van der Waals surface area (Å²) in [6.45, 7) is 0.360. The molecule has 1 aromatic rings. The molecule has 0 bridgehead atoms. The summed E-state index contributed by atoms with van der Waals surface area (Å²) in [7, 11) is 2.77. The van der Waals surface area contributed by atoms with Crippen LogP contribution >= 0.6 is 0 Å². The predicted octanol–water partition coefficient (Wildman–Crippen LogP) is 0.406. The van der Waals surface area contributed by atoms with Gasteiger partial charge in [0.15, 0.2) is 0 Å². The lowest BCUT2D eigenvalue weighted by molar-refractivity contribution is -0.135.